The van der Waals surface area contributed by atoms with Crippen molar-refractivity contribution in [3.05, 3.63) is 58.6 Å². The zero-order valence-electron chi connectivity index (χ0n) is 16.5. The molecule has 1 atom stereocenters. The van der Waals surface area contributed by atoms with Gasteiger partial charge in [-0.1, -0.05) is 23.7 Å². The summed E-state index contributed by atoms with van der Waals surface area (Å²) in [5, 5.41) is 13.3. The van der Waals surface area contributed by atoms with Crippen molar-refractivity contribution in [2.45, 2.75) is 13.1 Å². The Morgan fingerprint density at radius 2 is 2.13 bits per heavy atom. The Morgan fingerprint density at radius 3 is 3.00 bits per heavy atom. The molecular formula is C21H23ClN6O2. The average Bonchev–Trinajstić information content (AvgIpc) is 2.73. The molecule has 0 saturated heterocycles. The van der Waals surface area contributed by atoms with Gasteiger partial charge in [-0.3, -0.25) is 10.1 Å². The molecule has 2 heterocycles. The first-order valence-electron chi connectivity index (χ1n) is 9.61. The number of halogens is 1. The van der Waals surface area contributed by atoms with E-state index in [0.717, 1.165) is 22.5 Å². The molecule has 156 valence electrons. The van der Waals surface area contributed by atoms with Crippen LogP contribution in [0.3, 0.4) is 0 Å². The molecular weight excluding hydrogens is 404 g/mol. The van der Waals surface area contributed by atoms with Gasteiger partial charge < -0.3 is 26.4 Å². The summed E-state index contributed by atoms with van der Waals surface area (Å²) in [6.07, 6.45) is 1.74. The zero-order chi connectivity index (χ0) is 21.1. The van der Waals surface area contributed by atoms with Crippen LogP contribution in [0.4, 0.5) is 11.4 Å². The number of anilines is 2. The second-order valence-electron chi connectivity index (χ2n) is 7.01. The van der Waals surface area contributed by atoms with Gasteiger partial charge in [0.25, 0.3) is 5.91 Å². The molecule has 0 bridgehead atoms. The molecule has 2 aliphatic heterocycles. The summed E-state index contributed by atoms with van der Waals surface area (Å²) in [4.78, 5) is 15.7. The molecule has 1 unspecified atom stereocenters. The summed E-state index contributed by atoms with van der Waals surface area (Å²) in [6.45, 7) is 3.34. The molecule has 30 heavy (non-hydrogen) atoms. The number of aliphatic imine (C=N–C) groups is 1. The first-order chi connectivity index (χ1) is 14.5. The summed E-state index contributed by atoms with van der Waals surface area (Å²) in [6, 6.07) is 11.4. The van der Waals surface area contributed by atoms with Crippen LogP contribution in [-0.2, 0) is 4.79 Å². The number of hydrogen-bond acceptors (Lipinski definition) is 7. The maximum Gasteiger partial charge on any atom is 0.262 e. The fourth-order valence-corrected chi connectivity index (χ4v) is 3.50. The number of ether oxygens (including phenoxy) is 1. The number of guanidine groups is 1. The van der Waals surface area contributed by atoms with Gasteiger partial charge in [-0.25, -0.2) is 4.99 Å². The molecule has 2 aromatic carbocycles. The third-order valence-corrected chi connectivity index (χ3v) is 5.25. The minimum absolute atomic E-state index is 0.0356. The number of fused-ring (bicyclic) bond motifs is 1. The third-order valence-electron chi connectivity index (χ3n) is 4.85. The van der Waals surface area contributed by atoms with Crippen molar-refractivity contribution in [3.63, 3.8) is 0 Å². The van der Waals surface area contributed by atoms with Gasteiger partial charge in [0.05, 0.1) is 5.69 Å². The van der Waals surface area contributed by atoms with E-state index in [4.69, 9.17) is 22.1 Å². The van der Waals surface area contributed by atoms with Gasteiger partial charge in [0.15, 0.2) is 12.6 Å². The fourth-order valence-electron chi connectivity index (χ4n) is 3.33. The van der Waals surface area contributed by atoms with Gasteiger partial charge in [0.2, 0.25) is 0 Å². The van der Waals surface area contributed by atoms with Crippen LogP contribution in [0.15, 0.2) is 47.5 Å². The highest BCUT2D eigenvalue weighted by Gasteiger charge is 2.17. The fraction of sp³-hybridized carbons (Fsp3) is 0.238. The summed E-state index contributed by atoms with van der Waals surface area (Å²) < 4.78 is 5.44. The lowest BCUT2D eigenvalue weighted by molar-refractivity contribution is -0.118. The molecule has 0 aliphatic carbocycles. The monoisotopic (exact) mass is 426 g/mol. The highest BCUT2D eigenvalue weighted by atomic mass is 35.5. The normalized spacial score (nSPS) is 17.7. The van der Waals surface area contributed by atoms with E-state index in [1.807, 2.05) is 49.4 Å². The van der Waals surface area contributed by atoms with Crippen LogP contribution in [0.2, 0.25) is 5.02 Å². The number of carbonyl (C=O) groups excluding carboxylic acids is 1. The molecule has 4 rings (SSSR count). The molecule has 9 heteroatoms. The lowest BCUT2D eigenvalue weighted by Crippen LogP contribution is -2.41. The Hall–Kier alpha value is -3.23. The highest BCUT2D eigenvalue weighted by Crippen LogP contribution is 2.30. The number of benzene rings is 2. The summed E-state index contributed by atoms with van der Waals surface area (Å²) in [5.41, 5.74) is 10.4. The number of nitrogens with zero attached hydrogens (tertiary/aromatic N) is 1. The highest BCUT2D eigenvalue weighted by molar-refractivity contribution is 6.31. The molecule has 6 N–H and O–H groups in total. The van der Waals surface area contributed by atoms with E-state index in [-0.39, 0.29) is 18.7 Å². The van der Waals surface area contributed by atoms with Crippen LogP contribution in [0.5, 0.6) is 5.75 Å². The maximum atomic E-state index is 11.3. The Balaban J connectivity index is 1.34. The van der Waals surface area contributed by atoms with Crippen LogP contribution in [-0.4, -0.2) is 37.7 Å². The summed E-state index contributed by atoms with van der Waals surface area (Å²) in [7, 11) is 0. The number of hydrogen-bond donors (Lipinski definition) is 5. The standard InChI is InChI=1S/C21H23ClN6O2/c1-12-14(3-2-4-15(12)22)17-10-19(28-21(23)27-17)25-8-7-24-13-5-6-16-18(9-13)30-11-20(29)26-16/h2-6,9-10,19,24-25H,7-8,11H2,1H3,(H,26,29)(H3,23,27,28). The van der Waals surface area contributed by atoms with Crippen molar-refractivity contribution in [2.75, 3.05) is 30.3 Å². The van der Waals surface area contributed by atoms with Crippen molar-refractivity contribution in [1.29, 1.82) is 0 Å². The average molecular weight is 427 g/mol. The number of nitrogens with two attached hydrogens (primary N) is 1. The lowest BCUT2D eigenvalue weighted by atomic mass is 10.0. The zero-order valence-corrected chi connectivity index (χ0v) is 17.2. The van der Waals surface area contributed by atoms with Gasteiger partial charge in [0.1, 0.15) is 11.9 Å². The van der Waals surface area contributed by atoms with Crippen molar-refractivity contribution >= 4 is 40.5 Å². The maximum absolute atomic E-state index is 11.3. The Morgan fingerprint density at radius 1 is 1.27 bits per heavy atom. The first-order valence-corrected chi connectivity index (χ1v) is 9.99. The molecule has 0 saturated carbocycles. The van der Waals surface area contributed by atoms with Gasteiger partial charge >= 0.3 is 0 Å². The van der Waals surface area contributed by atoms with Crippen molar-refractivity contribution < 1.29 is 9.53 Å². The molecule has 0 spiro atoms. The van der Waals surface area contributed by atoms with Crippen molar-refractivity contribution in [2.24, 2.45) is 10.7 Å². The van der Waals surface area contributed by atoms with Crippen LogP contribution in [0.1, 0.15) is 11.1 Å². The second-order valence-corrected chi connectivity index (χ2v) is 7.41. The van der Waals surface area contributed by atoms with Gasteiger partial charge in [-0.15, -0.1) is 0 Å². The molecule has 2 aromatic rings. The van der Waals surface area contributed by atoms with Crippen LogP contribution in [0.25, 0.3) is 5.70 Å². The Kier molecular flexibility index (Phi) is 5.78. The quantitative estimate of drug-likeness (QED) is 0.453. The summed E-state index contributed by atoms with van der Waals surface area (Å²) in [5.74, 6) is 0.869. The van der Waals surface area contributed by atoms with E-state index in [0.29, 0.717) is 35.5 Å². The van der Waals surface area contributed by atoms with Crippen molar-refractivity contribution in [1.82, 2.24) is 10.6 Å². The Labute approximate surface area is 179 Å². The number of amides is 1. The smallest absolute Gasteiger partial charge is 0.262 e. The van der Waals surface area contributed by atoms with E-state index < -0.39 is 0 Å². The van der Waals surface area contributed by atoms with Crippen LogP contribution < -0.4 is 31.7 Å². The summed E-state index contributed by atoms with van der Waals surface area (Å²) >= 11 is 6.25. The van der Waals surface area contributed by atoms with Gasteiger partial charge in [-0.2, -0.15) is 0 Å². The first kappa shape index (κ1) is 20.1. The Bertz CT molecular complexity index is 1040. The minimum Gasteiger partial charge on any atom is -0.482 e. The third kappa shape index (κ3) is 4.50. The van der Waals surface area contributed by atoms with Gasteiger partial charge in [0, 0.05) is 41.1 Å². The number of carbonyl (C=O) groups is 1. The number of rotatable bonds is 6. The van der Waals surface area contributed by atoms with E-state index >= 15 is 0 Å². The molecule has 8 nitrogen and oxygen atoms in total. The van der Waals surface area contributed by atoms with E-state index in [9.17, 15) is 4.79 Å². The van der Waals surface area contributed by atoms with E-state index in [1.54, 1.807) is 0 Å². The lowest BCUT2D eigenvalue weighted by Gasteiger charge is -2.22. The van der Waals surface area contributed by atoms with Crippen LogP contribution >= 0.6 is 11.6 Å². The predicted octanol–water partition coefficient (Wildman–Crippen LogP) is 2.27. The SMILES string of the molecule is Cc1c(Cl)cccc1C1=CC(NCCNc2ccc3c(c2)OCC(=O)N3)N=C(N)N1. The largest absolute Gasteiger partial charge is 0.482 e. The van der Waals surface area contributed by atoms with E-state index in [2.05, 4.69) is 26.3 Å². The number of nitrogens with one attached hydrogen (secondary N) is 4. The van der Waals surface area contributed by atoms with Crippen molar-refractivity contribution in [3.8, 4) is 5.75 Å². The van der Waals surface area contributed by atoms with Crippen LogP contribution in [0, 0.1) is 6.92 Å². The topological polar surface area (TPSA) is 113 Å². The van der Waals surface area contributed by atoms with Gasteiger partial charge in [-0.05, 0) is 36.8 Å². The molecule has 0 fully saturated rings. The predicted molar refractivity (Wildman–Crippen MR) is 120 cm³/mol. The molecule has 0 aromatic heterocycles. The molecule has 2 aliphatic rings. The molecule has 0 radical (unpaired) electrons. The second kappa shape index (κ2) is 8.64. The minimum atomic E-state index is -0.247. The molecule has 1 amide bonds. The van der Waals surface area contributed by atoms with E-state index in [1.165, 1.54) is 0 Å².